The molecule has 0 aliphatic carbocycles. The zero-order valence-electron chi connectivity index (χ0n) is 17.3. The molecule has 0 saturated heterocycles. The SMILES string of the molecule is C=CC=N/C(=C\C)c1ccc2[nH]nc(-c3nc4nccc(-c5ccccc5F)c4[nH]3)c2c1. The maximum atomic E-state index is 14.4. The predicted octanol–water partition coefficient (Wildman–Crippen LogP) is 5.92. The second-order valence-electron chi connectivity index (χ2n) is 7.14. The summed E-state index contributed by atoms with van der Waals surface area (Å²) in [7, 11) is 0. The number of H-pyrrole nitrogens is 2. The third-order valence-electron chi connectivity index (χ3n) is 5.23. The minimum absolute atomic E-state index is 0.301. The summed E-state index contributed by atoms with van der Waals surface area (Å²) >= 11 is 0. The maximum Gasteiger partial charge on any atom is 0.178 e. The highest BCUT2D eigenvalue weighted by atomic mass is 19.1. The first-order valence-corrected chi connectivity index (χ1v) is 10.1. The third kappa shape index (κ3) is 3.30. The molecule has 0 aliphatic heterocycles. The van der Waals surface area contributed by atoms with Crippen LogP contribution in [0.2, 0.25) is 0 Å². The van der Waals surface area contributed by atoms with Crippen molar-refractivity contribution in [3.8, 4) is 22.6 Å². The molecule has 0 atom stereocenters. The first-order valence-electron chi connectivity index (χ1n) is 10.1. The summed E-state index contributed by atoms with van der Waals surface area (Å²) in [5.41, 5.74) is 5.64. The molecule has 7 heteroatoms. The number of imidazole rings is 1. The summed E-state index contributed by atoms with van der Waals surface area (Å²) < 4.78 is 14.4. The van der Waals surface area contributed by atoms with Crippen LogP contribution in [0.5, 0.6) is 0 Å². The Morgan fingerprint density at radius 3 is 2.81 bits per heavy atom. The molecule has 0 aliphatic rings. The van der Waals surface area contributed by atoms with Gasteiger partial charge in [-0.1, -0.05) is 43.0 Å². The number of rotatable bonds is 5. The Morgan fingerprint density at radius 1 is 1.12 bits per heavy atom. The second kappa shape index (κ2) is 8.03. The summed E-state index contributed by atoms with van der Waals surface area (Å²) in [4.78, 5) is 16.7. The van der Waals surface area contributed by atoms with Crippen molar-refractivity contribution < 1.29 is 4.39 Å². The summed E-state index contributed by atoms with van der Waals surface area (Å²) in [5, 5.41) is 8.41. The number of nitrogens with zero attached hydrogens (tertiary/aromatic N) is 4. The molecule has 2 N–H and O–H groups in total. The summed E-state index contributed by atoms with van der Waals surface area (Å²) in [6, 6.07) is 14.4. The Hall–Kier alpha value is -4.39. The van der Waals surface area contributed by atoms with Gasteiger partial charge in [0.2, 0.25) is 0 Å². The molecule has 0 saturated carbocycles. The molecular formula is C25H19FN6. The van der Waals surface area contributed by atoms with E-state index in [0.717, 1.165) is 22.2 Å². The normalized spacial score (nSPS) is 12.2. The smallest absolute Gasteiger partial charge is 0.178 e. The number of pyridine rings is 1. The molecule has 5 aromatic rings. The molecule has 3 heterocycles. The lowest BCUT2D eigenvalue weighted by atomic mass is 10.1. The molecule has 0 amide bonds. The quantitative estimate of drug-likeness (QED) is 0.345. The van der Waals surface area contributed by atoms with E-state index in [1.165, 1.54) is 6.07 Å². The number of hydrogen-bond donors (Lipinski definition) is 2. The van der Waals surface area contributed by atoms with Crippen LogP contribution in [0.3, 0.4) is 0 Å². The van der Waals surface area contributed by atoms with Gasteiger partial charge in [0, 0.05) is 34.5 Å². The molecule has 5 rings (SSSR count). The van der Waals surface area contributed by atoms with E-state index in [0.29, 0.717) is 33.8 Å². The van der Waals surface area contributed by atoms with Gasteiger partial charge in [-0.3, -0.25) is 10.1 Å². The minimum Gasteiger partial charge on any atom is -0.335 e. The number of benzene rings is 2. The highest BCUT2D eigenvalue weighted by molar-refractivity contribution is 5.97. The molecule has 0 spiro atoms. The van der Waals surface area contributed by atoms with Crippen molar-refractivity contribution in [2.75, 3.05) is 0 Å². The van der Waals surface area contributed by atoms with E-state index in [1.54, 1.807) is 42.8 Å². The topological polar surface area (TPSA) is 82.6 Å². The van der Waals surface area contributed by atoms with Gasteiger partial charge in [-0.15, -0.1) is 0 Å². The van der Waals surface area contributed by atoms with Crippen LogP contribution >= 0.6 is 0 Å². The van der Waals surface area contributed by atoms with Gasteiger partial charge in [-0.25, -0.2) is 14.4 Å². The molecule has 2 aromatic carbocycles. The summed E-state index contributed by atoms with van der Waals surface area (Å²) in [6.07, 6.45) is 6.86. The Kier molecular flexibility index (Phi) is 4.91. The lowest BCUT2D eigenvalue weighted by molar-refractivity contribution is 0.631. The number of fused-ring (bicyclic) bond motifs is 2. The molecule has 0 radical (unpaired) electrons. The Balaban J connectivity index is 1.66. The van der Waals surface area contributed by atoms with E-state index in [1.807, 2.05) is 31.2 Å². The fourth-order valence-corrected chi connectivity index (χ4v) is 3.73. The van der Waals surface area contributed by atoms with Crippen LogP contribution in [0.4, 0.5) is 4.39 Å². The van der Waals surface area contributed by atoms with E-state index >= 15 is 0 Å². The van der Waals surface area contributed by atoms with Crippen LogP contribution in [0.25, 0.3) is 50.4 Å². The number of aliphatic imine (C=N–C) groups is 1. The first-order chi connectivity index (χ1) is 15.7. The Morgan fingerprint density at radius 2 is 2.00 bits per heavy atom. The number of hydrogen-bond acceptors (Lipinski definition) is 4. The standard InChI is InChI=1S/C25H19FN6/c1-3-12-27-20(4-2)15-9-10-21-18(14-15)23(32-31-21)25-29-22-17(11-13-28-24(22)30-25)16-7-5-6-8-19(16)26/h3-14H,1H2,2H3,(H,31,32)(H,28,29,30)/b20-4-,27-12?. The molecule has 6 nitrogen and oxygen atoms in total. The fourth-order valence-electron chi connectivity index (χ4n) is 3.73. The van der Waals surface area contributed by atoms with Gasteiger partial charge < -0.3 is 4.98 Å². The zero-order chi connectivity index (χ0) is 22.1. The van der Waals surface area contributed by atoms with E-state index < -0.39 is 0 Å². The molecule has 32 heavy (non-hydrogen) atoms. The largest absolute Gasteiger partial charge is 0.335 e. The lowest BCUT2D eigenvalue weighted by Gasteiger charge is -2.03. The van der Waals surface area contributed by atoms with Crippen molar-refractivity contribution in [3.05, 3.63) is 84.8 Å². The average molecular weight is 422 g/mol. The highest BCUT2D eigenvalue weighted by Gasteiger charge is 2.17. The lowest BCUT2D eigenvalue weighted by Crippen LogP contribution is -1.87. The second-order valence-corrected chi connectivity index (χ2v) is 7.14. The Labute approximate surface area is 183 Å². The number of nitrogens with one attached hydrogen (secondary N) is 2. The van der Waals surface area contributed by atoms with Gasteiger partial charge in [0.15, 0.2) is 11.5 Å². The van der Waals surface area contributed by atoms with Gasteiger partial charge in [0.1, 0.15) is 11.5 Å². The fraction of sp³-hybridized carbons (Fsp3) is 0.0400. The number of allylic oxidation sites excluding steroid dienone is 2. The molecule has 0 bridgehead atoms. The van der Waals surface area contributed by atoms with E-state index in [4.69, 9.17) is 0 Å². The summed E-state index contributed by atoms with van der Waals surface area (Å²) in [6.45, 7) is 5.61. The third-order valence-corrected chi connectivity index (χ3v) is 5.23. The molecular weight excluding hydrogens is 403 g/mol. The van der Waals surface area contributed by atoms with E-state index in [9.17, 15) is 4.39 Å². The van der Waals surface area contributed by atoms with Crippen molar-refractivity contribution >= 4 is 34.0 Å². The highest BCUT2D eigenvalue weighted by Crippen LogP contribution is 2.32. The number of halogens is 1. The molecule has 0 unspecified atom stereocenters. The molecule has 0 fully saturated rings. The van der Waals surface area contributed by atoms with Crippen LogP contribution in [-0.4, -0.2) is 31.4 Å². The minimum atomic E-state index is -0.301. The average Bonchev–Trinajstić information content (AvgIpc) is 3.43. The summed E-state index contributed by atoms with van der Waals surface area (Å²) in [5.74, 6) is 0.251. The zero-order valence-corrected chi connectivity index (χ0v) is 17.3. The van der Waals surface area contributed by atoms with Crippen molar-refractivity contribution in [3.63, 3.8) is 0 Å². The monoisotopic (exact) mass is 422 g/mol. The van der Waals surface area contributed by atoms with Gasteiger partial charge >= 0.3 is 0 Å². The van der Waals surface area contributed by atoms with Crippen LogP contribution in [0, 0.1) is 5.82 Å². The first kappa shape index (κ1) is 19.6. The number of aromatic nitrogens is 5. The molecule has 156 valence electrons. The van der Waals surface area contributed by atoms with Crippen LogP contribution < -0.4 is 0 Å². The van der Waals surface area contributed by atoms with Gasteiger partial charge in [0.25, 0.3) is 0 Å². The van der Waals surface area contributed by atoms with Crippen LogP contribution in [0.15, 0.2) is 78.5 Å². The van der Waals surface area contributed by atoms with Crippen molar-refractivity contribution in [1.29, 1.82) is 0 Å². The van der Waals surface area contributed by atoms with Crippen molar-refractivity contribution in [1.82, 2.24) is 25.1 Å². The Bertz CT molecular complexity index is 1520. The molecule has 3 aromatic heterocycles. The van der Waals surface area contributed by atoms with Crippen LogP contribution in [-0.2, 0) is 0 Å². The van der Waals surface area contributed by atoms with Crippen molar-refractivity contribution in [2.24, 2.45) is 4.99 Å². The maximum absolute atomic E-state index is 14.4. The van der Waals surface area contributed by atoms with Crippen molar-refractivity contribution in [2.45, 2.75) is 6.92 Å². The van der Waals surface area contributed by atoms with E-state index in [-0.39, 0.29) is 5.82 Å². The number of aromatic amines is 2. The van der Waals surface area contributed by atoms with Gasteiger partial charge in [0.05, 0.1) is 16.7 Å². The van der Waals surface area contributed by atoms with E-state index in [2.05, 4.69) is 36.7 Å². The predicted molar refractivity (Wildman–Crippen MR) is 127 cm³/mol. The van der Waals surface area contributed by atoms with Gasteiger partial charge in [-0.2, -0.15) is 5.10 Å². The van der Waals surface area contributed by atoms with Crippen LogP contribution in [0.1, 0.15) is 12.5 Å². The van der Waals surface area contributed by atoms with Gasteiger partial charge in [-0.05, 0) is 31.2 Å².